The molecule has 0 amide bonds. The van der Waals surface area contributed by atoms with Crippen LogP contribution in [0.15, 0.2) is 29.2 Å². The molecule has 0 fully saturated rings. The quantitative estimate of drug-likeness (QED) is 0.929. The molecular formula is C16H22N4O. The monoisotopic (exact) mass is 286 g/mol. The zero-order chi connectivity index (χ0) is 14.8. The zero-order valence-electron chi connectivity index (χ0n) is 12.7. The minimum absolute atomic E-state index is 0.0663. The van der Waals surface area contributed by atoms with E-state index in [0.717, 1.165) is 31.5 Å². The van der Waals surface area contributed by atoms with E-state index >= 15 is 0 Å². The first-order valence-corrected chi connectivity index (χ1v) is 7.63. The van der Waals surface area contributed by atoms with E-state index in [4.69, 9.17) is 0 Å². The Morgan fingerprint density at radius 3 is 2.95 bits per heavy atom. The van der Waals surface area contributed by atoms with Gasteiger partial charge in [-0.3, -0.25) is 9.48 Å². The van der Waals surface area contributed by atoms with E-state index in [1.54, 1.807) is 10.7 Å². The van der Waals surface area contributed by atoms with E-state index < -0.39 is 0 Å². The van der Waals surface area contributed by atoms with Gasteiger partial charge < -0.3 is 9.88 Å². The molecule has 0 saturated heterocycles. The summed E-state index contributed by atoms with van der Waals surface area (Å²) in [5.41, 5.74) is 3.44. The Bertz CT molecular complexity index is 686. The molecule has 1 atom stereocenters. The lowest BCUT2D eigenvalue weighted by Crippen LogP contribution is -2.32. The van der Waals surface area contributed by atoms with Crippen molar-refractivity contribution in [2.75, 3.05) is 6.54 Å². The van der Waals surface area contributed by atoms with E-state index in [0.29, 0.717) is 12.6 Å². The summed E-state index contributed by atoms with van der Waals surface area (Å²) in [7, 11) is 1.90. The number of fused-ring (bicyclic) bond motifs is 1. The lowest BCUT2D eigenvalue weighted by Gasteiger charge is -2.28. The van der Waals surface area contributed by atoms with Gasteiger partial charge in [-0.25, -0.2) is 0 Å². The van der Waals surface area contributed by atoms with E-state index in [-0.39, 0.29) is 5.56 Å². The van der Waals surface area contributed by atoms with E-state index in [1.165, 1.54) is 11.3 Å². The van der Waals surface area contributed by atoms with Gasteiger partial charge in [0.1, 0.15) is 0 Å². The molecule has 0 saturated carbocycles. The summed E-state index contributed by atoms with van der Waals surface area (Å²) in [5.74, 6) is 0. The maximum absolute atomic E-state index is 12.3. The normalized spacial score (nSPS) is 17.7. The minimum Gasteiger partial charge on any atom is -0.310 e. The number of nitrogens with one attached hydrogen (secondary N) is 1. The second kappa shape index (κ2) is 5.85. The maximum Gasteiger partial charge on any atom is 0.251 e. The molecule has 0 bridgehead atoms. The van der Waals surface area contributed by atoms with Crippen LogP contribution in [0.2, 0.25) is 0 Å². The van der Waals surface area contributed by atoms with Gasteiger partial charge in [0.2, 0.25) is 0 Å². The molecule has 1 aliphatic carbocycles. The van der Waals surface area contributed by atoms with Gasteiger partial charge in [-0.2, -0.15) is 5.10 Å². The average Bonchev–Trinajstić information content (AvgIpc) is 2.88. The molecule has 1 N–H and O–H groups in total. The molecule has 112 valence electrons. The van der Waals surface area contributed by atoms with Gasteiger partial charge in [0.25, 0.3) is 5.56 Å². The third kappa shape index (κ3) is 2.78. The standard InChI is InChI=1S/C16H22N4O/c1-3-17-14-5-4-6-15-13(14)7-8-16(21)20(15)11-12-9-10-19(2)18-12/h7-10,14,17H,3-6,11H2,1-2H3. The lowest BCUT2D eigenvalue weighted by atomic mass is 9.91. The van der Waals surface area contributed by atoms with Crippen LogP contribution in [-0.4, -0.2) is 20.9 Å². The van der Waals surface area contributed by atoms with Gasteiger partial charge in [-0.05, 0) is 37.4 Å². The fourth-order valence-corrected chi connectivity index (χ4v) is 3.20. The fraction of sp³-hybridized carbons (Fsp3) is 0.500. The molecule has 3 rings (SSSR count). The molecule has 5 nitrogen and oxygen atoms in total. The summed E-state index contributed by atoms with van der Waals surface area (Å²) < 4.78 is 3.67. The molecule has 21 heavy (non-hydrogen) atoms. The Morgan fingerprint density at radius 1 is 1.38 bits per heavy atom. The summed E-state index contributed by atoms with van der Waals surface area (Å²) in [6.07, 6.45) is 5.15. The summed E-state index contributed by atoms with van der Waals surface area (Å²) in [6.45, 7) is 3.63. The Morgan fingerprint density at radius 2 is 2.24 bits per heavy atom. The Hall–Kier alpha value is -1.88. The van der Waals surface area contributed by atoms with Crippen molar-refractivity contribution in [1.82, 2.24) is 19.7 Å². The van der Waals surface area contributed by atoms with Crippen LogP contribution in [-0.2, 0) is 20.0 Å². The minimum atomic E-state index is 0.0663. The van der Waals surface area contributed by atoms with Crippen LogP contribution in [0, 0.1) is 0 Å². The molecule has 0 radical (unpaired) electrons. The highest BCUT2D eigenvalue weighted by atomic mass is 16.1. The summed E-state index contributed by atoms with van der Waals surface area (Å²) in [5, 5.41) is 7.91. The third-order valence-electron chi connectivity index (χ3n) is 4.15. The Balaban J connectivity index is 2.00. The van der Waals surface area contributed by atoms with Crippen LogP contribution in [0.1, 0.15) is 42.8 Å². The SMILES string of the molecule is CCNC1CCCc2c1ccc(=O)n2Cc1ccn(C)n1. The van der Waals surface area contributed by atoms with Crippen molar-refractivity contribution in [3.05, 3.63) is 51.7 Å². The van der Waals surface area contributed by atoms with Crippen molar-refractivity contribution in [1.29, 1.82) is 0 Å². The highest BCUT2D eigenvalue weighted by Gasteiger charge is 2.22. The van der Waals surface area contributed by atoms with Crippen molar-refractivity contribution >= 4 is 0 Å². The molecule has 1 aliphatic rings. The molecule has 0 aromatic carbocycles. The van der Waals surface area contributed by atoms with E-state index in [2.05, 4.69) is 17.3 Å². The average molecular weight is 286 g/mol. The molecule has 0 spiro atoms. The molecular weight excluding hydrogens is 264 g/mol. The number of rotatable bonds is 4. The lowest BCUT2D eigenvalue weighted by molar-refractivity contribution is 0.452. The van der Waals surface area contributed by atoms with Gasteiger partial charge in [0, 0.05) is 31.0 Å². The van der Waals surface area contributed by atoms with Crippen LogP contribution >= 0.6 is 0 Å². The van der Waals surface area contributed by atoms with Crippen LogP contribution in [0.5, 0.6) is 0 Å². The molecule has 2 aromatic heterocycles. The predicted molar refractivity (Wildman–Crippen MR) is 82.4 cm³/mol. The fourth-order valence-electron chi connectivity index (χ4n) is 3.20. The highest BCUT2D eigenvalue weighted by Crippen LogP contribution is 2.28. The second-order valence-corrected chi connectivity index (χ2v) is 5.64. The molecule has 2 aromatic rings. The molecule has 0 aliphatic heterocycles. The van der Waals surface area contributed by atoms with Crippen molar-refractivity contribution < 1.29 is 0 Å². The number of nitrogens with zero attached hydrogens (tertiary/aromatic N) is 3. The van der Waals surface area contributed by atoms with Crippen molar-refractivity contribution in [2.45, 2.75) is 38.8 Å². The first kappa shape index (κ1) is 14.1. The number of pyridine rings is 1. The first-order chi connectivity index (χ1) is 10.2. The van der Waals surface area contributed by atoms with Gasteiger partial charge in [0.05, 0.1) is 12.2 Å². The number of hydrogen-bond donors (Lipinski definition) is 1. The zero-order valence-corrected chi connectivity index (χ0v) is 12.7. The summed E-state index contributed by atoms with van der Waals surface area (Å²) in [4.78, 5) is 12.3. The van der Waals surface area contributed by atoms with E-state index in [9.17, 15) is 4.79 Å². The number of hydrogen-bond acceptors (Lipinski definition) is 3. The van der Waals surface area contributed by atoms with Crippen molar-refractivity contribution in [3.8, 4) is 0 Å². The van der Waals surface area contributed by atoms with Gasteiger partial charge in [0.15, 0.2) is 0 Å². The Labute approximate surface area is 124 Å². The molecule has 1 unspecified atom stereocenters. The van der Waals surface area contributed by atoms with Gasteiger partial charge in [-0.1, -0.05) is 13.0 Å². The Kier molecular flexibility index (Phi) is 3.92. The van der Waals surface area contributed by atoms with Crippen LogP contribution in [0.25, 0.3) is 0 Å². The highest BCUT2D eigenvalue weighted by molar-refractivity contribution is 5.28. The van der Waals surface area contributed by atoms with Crippen LogP contribution < -0.4 is 10.9 Å². The summed E-state index contributed by atoms with van der Waals surface area (Å²) in [6, 6.07) is 6.03. The smallest absolute Gasteiger partial charge is 0.251 e. The number of aryl methyl sites for hydroxylation is 1. The van der Waals surface area contributed by atoms with Crippen molar-refractivity contribution in [3.63, 3.8) is 0 Å². The van der Waals surface area contributed by atoms with Gasteiger partial charge in [-0.15, -0.1) is 0 Å². The number of aromatic nitrogens is 3. The summed E-state index contributed by atoms with van der Waals surface area (Å²) >= 11 is 0. The topological polar surface area (TPSA) is 51.9 Å². The third-order valence-corrected chi connectivity index (χ3v) is 4.15. The molecule has 2 heterocycles. The second-order valence-electron chi connectivity index (χ2n) is 5.64. The molecule has 5 heteroatoms. The van der Waals surface area contributed by atoms with Crippen LogP contribution in [0.3, 0.4) is 0 Å². The first-order valence-electron chi connectivity index (χ1n) is 7.63. The maximum atomic E-state index is 12.3. The van der Waals surface area contributed by atoms with Crippen molar-refractivity contribution in [2.24, 2.45) is 7.05 Å². The largest absolute Gasteiger partial charge is 0.310 e. The van der Waals surface area contributed by atoms with Crippen LogP contribution in [0.4, 0.5) is 0 Å². The van der Waals surface area contributed by atoms with E-state index in [1.807, 2.05) is 29.9 Å². The predicted octanol–water partition coefficient (Wildman–Crippen LogP) is 1.62. The van der Waals surface area contributed by atoms with Gasteiger partial charge >= 0.3 is 0 Å².